The summed E-state index contributed by atoms with van der Waals surface area (Å²) in [4.78, 5) is 0. The third kappa shape index (κ3) is 1.24. The lowest BCUT2D eigenvalue weighted by molar-refractivity contribution is 1.13. The monoisotopic (exact) mass is 269 g/mol. The van der Waals surface area contributed by atoms with E-state index in [9.17, 15) is 0 Å². The molecule has 14 heavy (non-hydrogen) atoms. The first-order valence-electron chi connectivity index (χ1n) is 3.49. The van der Waals surface area contributed by atoms with E-state index < -0.39 is 0 Å². The van der Waals surface area contributed by atoms with Gasteiger partial charge in [-0.1, -0.05) is 46.4 Å². The van der Waals surface area contributed by atoms with Crippen molar-refractivity contribution in [2.24, 2.45) is 0 Å². The van der Waals surface area contributed by atoms with Gasteiger partial charge in [-0.3, -0.25) is 5.10 Å². The van der Waals surface area contributed by atoms with Crippen molar-refractivity contribution in [2.75, 3.05) is 5.73 Å². The van der Waals surface area contributed by atoms with Gasteiger partial charge in [0.05, 0.1) is 31.0 Å². The molecule has 0 unspecified atom stereocenters. The lowest BCUT2D eigenvalue weighted by Crippen LogP contribution is -1.85. The number of hydrogen-bond acceptors (Lipinski definition) is 2. The van der Waals surface area contributed by atoms with Gasteiger partial charge in [0.2, 0.25) is 0 Å². The zero-order chi connectivity index (χ0) is 10.5. The molecule has 1 aromatic carbocycles. The molecule has 1 heterocycles. The number of nitrogens with one attached hydrogen (secondary N) is 1. The summed E-state index contributed by atoms with van der Waals surface area (Å²) in [5.74, 6) is 0.241. The molecular weight excluding hydrogens is 268 g/mol. The number of hydrogen-bond donors (Lipinski definition) is 2. The Kier molecular flexibility index (Phi) is 2.43. The Balaban J connectivity index is 3.05. The van der Waals surface area contributed by atoms with Crippen molar-refractivity contribution in [3.63, 3.8) is 0 Å². The lowest BCUT2D eigenvalue weighted by Gasteiger charge is -2.03. The third-order valence-corrected chi connectivity index (χ3v) is 3.61. The van der Waals surface area contributed by atoms with Crippen molar-refractivity contribution in [1.82, 2.24) is 10.2 Å². The molecule has 0 aliphatic heterocycles. The first kappa shape index (κ1) is 10.2. The van der Waals surface area contributed by atoms with E-state index in [0.717, 1.165) is 0 Å². The third-order valence-electron chi connectivity index (χ3n) is 1.81. The van der Waals surface area contributed by atoms with Crippen LogP contribution in [0.4, 0.5) is 5.82 Å². The summed E-state index contributed by atoms with van der Waals surface area (Å²) in [5.41, 5.74) is 6.07. The minimum atomic E-state index is 0.180. The van der Waals surface area contributed by atoms with E-state index in [1.54, 1.807) is 0 Å². The summed E-state index contributed by atoms with van der Waals surface area (Å²) < 4.78 is 0. The zero-order valence-electron chi connectivity index (χ0n) is 6.54. The van der Waals surface area contributed by atoms with E-state index >= 15 is 0 Å². The van der Waals surface area contributed by atoms with Gasteiger partial charge in [-0.15, -0.1) is 0 Å². The lowest BCUT2D eigenvalue weighted by atomic mass is 10.2. The van der Waals surface area contributed by atoms with Crippen LogP contribution in [-0.4, -0.2) is 10.2 Å². The largest absolute Gasteiger partial charge is 0.382 e. The predicted octanol–water partition coefficient (Wildman–Crippen LogP) is 3.76. The number of nitrogens with two attached hydrogens (primary N) is 1. The number of halogens is 4. The molecule has 1 aromatic heterocycles. The molecule has 0 radical (unpaired) electrons. The van der Waals surface area contributed by atoms with Crippen LogP contribution in [0.5, 0.6) is 0 Å². The van der Waals surface area contributed by atoms with E-state index in [1.165, 1.54) is 0 Å². The van der Waals surface area contributed by atoms with Crippen molar-refractivity contribution in [1.29, 1.82) is 0 Å². The second kappa shape index (κ2) is 3.35. The van der Waals surface area contributed by atoms with Crippen molar-refractivity contribution < 1.29 is 0 Å². The Morgan fingerprint density at radius 3 is 2.14 bits per heavy atom. The Bertz CT molecular complexity index is 519. The number of nitrogen functional groups attached to an aromatic ring is 1. The standard InChI is InChI=1S/C7H3Cl4N3/c8-2-1-6(13-14-7(1)12)5(11)4(10)3(2)9/h(H3,12,13,14). The Hall–Kier alpha value is -0.350. The van der Waals surface area contributed by atoms with E-state index in [1.807, 2.05) is 0 Å². The summed E-state index contributed by atoms with van der Waals surface area (Å²) in [6.07, 6.45) is 0. The molecule has 0 atom stereocenters. The van der Waals surface area contributed by atoms with E-state index in [4.69, 9.17) is 52.1 Å². The van der Waals surface area contributed by atoms with Gasteiger partial charge in [0.1, 0.15) is 0 Å². The van der Waals surface area contributed by atoms with Gasteiger partial charge in [-0.25, -0.2) is 0 Å². The molecule has 0 bridgehead atoms. The fraction of sp³-hybridized carbons (Fsp3) is 0. The number of rotatable bonds is 0. The van der Waals surface area contributed by atoms with Crippen LogP contribution in [-0.2, 0) is 0 Å². The van der Waals surface area contributed by atoms with Crippen molar-refractivity contribution in [3.05, 3.63) is 20.1 Å². The summed E-state index contributed by atoms with van der Waals surface area (Å²) in [7, 11) is 0. The molecule has 3 N–H and O–H groups in total. The zero-order valence-corrected chi connectivity index (χ0v) is 9.56. The summed E-state index contributed by atoms with van der Waals surface area (Å²) in [6, 6.07) is 0. The van der Waals surface area contributed by atoms with E-state index in [0.29, 0.717) is 10.9 Å². The number of nitrogens with zero attached hydrogens (tertiary/aromatic N) is 1. The molecule has 2 rings (SSSR count). The molecule has 0 saturated heterocycles. The first-order chi connectivity index (χ1) is 6.54. The Morgan fingerprint density at radius 1 is 0.929 bits per heavy atom. The highest BCUT2D eigenvalue weighted by molar-refractivity contribution is 6.55. The van der Waals surface area contributed by atoms with Crippen LogP contribution in [0.2, 0.25) is 20.1 Å². The number of H-pyrrole nitrogens is 1. The average molecular weight is 271 g/mol. The van der Waals surface area contributed by atoms with Crippen molar-refractivity contribution in [2.45, 2.75) is 0 Å². The van der Waals surface area contributed by atoms with Gasteiger partial charge in [-0.2, -0.15) is 5.10 Å². The Morgan fingerprint density at radius 2 is 1.50 bits per heavy atom. The summed E-state index contributed by atoms with van der Waals surface area (Å²) >= 11 is 23.5. The van der Waals surface area contributed by atoms with Gasteiger partial charge in [0.15, 0.2) is 5.82 Å². The highest BCUT2D eigenvalue weighted by atomic mass is 35.5. The number of anilines is 1. The maximum absolute atomic E-state index is 5.93. The fourth-order valence-corrected chi connectivity index (χ4v) is 2.14. The van der Waals surface area contributed by atoms with Crippen molar-refractivity contribution in [3.8, 4) is 0 Å². The van der Waals surface area contributed by atoms with Crippen LogP contribution >= 0.6 is 46.4 Å². The van der Waals surface area contributed by atoms with Crippen LogP contribution in [0.25, 0.3) is 10.9 Å². The van der Waals surface area contributed by atoms with Crippen LogP contribution in [0.1, 0.15) is 0 Å². The summed E-state index contributed by atoms with van der Waals surface area (Å²) in [5, 5.41) is 7.77. The topological polar surface area (TPSA) is 54.7 Å². The predicted molar refractivity (Wildman–Crippen MR) is 60.5 cm³/mol. The van der Waals surface area contributed by atoms with E-state index in [2.05, 4.69) is 10.2 Å². The maximum atomic E-state index is 5.93. The normalized spacial score (nSPS) is 11.1. The van der Waals surface area contributed by atoms with Crippen LogP contribution < -0.4 is 5.73 Å². The number of benzene rings is 1. The molecule has 0 aliphatic rings. The molecule has 0 aliphatic carbocycles. The van der Waals surface area contributed by atoms with Crippen LogP contribution in [0.3, 0.4) is 0 Å². The SMILES string of the molecule is Nc1n[nH]c2c(Cl)c(Cl)c(Cl)c(Cl)c12. The molecule has 0 amide bonds. The highest BCUT2D eigenvalue weighted by Crippen LogP contribution is 2.43. The molecular formula is C7H3Cl4N3. The van der Waals surface area contributed by atoms with Gasteiger partial charge >= 0.3 is 0 Å². The number of fused-ring (bicyclic) bond motifs is 1. The molecule has 0 saturated carbocycles. The Labute approximate surface area is 99.1 Å². The first-order valence-corrected chi connectivity index (χ1v) is 5.00. The second-order valence-electron chi connectivity index (χ2n) is 2.61. The maximum Gasteiger partial charge on any atom is 0.154 e. The molecule has 7 heteroatoms. The minimum absolute atomic E-state index is 0.180. The molecule has 0 fully saturated rings. The van der Waals surface area contributed by atoms with Crippen LogP contribution in [0.15, 0.2) is 0 Å². The second-order valence-corrected chi connectivity index (χ2v) is 4.13. The smallest absolute Gasteiger partial charge is 0.154 e. The molecule has 0 spiro atoms. The average Bonchev–Trinajstić information content (AvgIpc) is 2.54. The van der Waals surface area contributed by atoms with E-state index in [-0.39, 0.29) is 25.9 Å². The molecule has 74 valence electrons. The quantitative estimate of drug-likeness (QED) is 0.566. The highest BCUT2D eigenvalue weighted by Gasteiger charge is 2.18. The fourth-order valence-electron chi connectivity index (χ4n) is 1.15. The number of aromatic amines is 1. The molecule has 2 aromatic rings. The number of aromatic nitrogens is 2. The summed E-state index contributed by atoms with van der Waals surface area (Å²) in [6.45, 7) is 0. The van der Waals surface area contributed by atoms with Gasteiger partial charge in [0.25, 0.3) is 0 Å². The van der Waals surface area contributed by atoms with Gasteiger partial charge in [-0.05, 0) is 0 Å². The van der Waals surface area contributed by atoms with Gasteiger partial charge in [0, 0.05) is 0 Å². The van der Waals surface area contributed by atoms with Crippen LogP contribution in [0, 0.1) is 0 Å². The van der Waals surface area contributed by atoms with Crippen molar-refractivity contribution >= 4 is 63.1 Å². The minimum Gasteiger partial charge on any atom is -0.382 e. The van der Waals surface area contributed by atoms with Gasteiger partial charge < -0.3 is 5.73 Å². The molecule has 3 nitrogen and oxygen atoms in total.